The van der Waals surface area contributed by atoms with Gasteiger partial charge in [0.15, 0.2) is 0 Å². The van der Waals surface area contributed by atoms with Gasteiger partial charge in [0.2, 0.25) is 0 Å². The molecule has 1 N–H and O–H groups in total. The van der Waals surface area contributed by atoms with Crippen LogP contribution in [0.3, 0.4) is 0 Å². The van der Waals surface area contributed by atoms with Crippen LogP contribution >= 0.6 is 8.25 Å². The zero-order valence-electron chi connectivity index (χ0n) is 14.7. The molecule has 0 aromatic heterocycles. The quantitative estimate of drug-likeness (QED) is 0.503. The Morgan fingerprint density at radius 2 is 2.08 bits per heavy atom. The van der Waals surface area contributed by atoms with Crippen LogP contribution in [0.25, 0.3) is 0 Å². The van der Waals surface area contributed by atoms with E-state index in [0.29, 0.717) is 18.8 Å². The van der Waals surface area contributed by atoms with E-state index in [1.54, 1.807) is 0 Å². The molecule has 6 nitrogen and oxygen atoms in total. The summed E-state index contributed by atoms with van der Waals surface area (Å²) >= 11 is 0. The second-order valence-corrected chi connectivity index (χ2v) is 7.86. The van der Waals surface area contributed by atoms with Crippen LogP contribution < -0.4 is 0 Å². The topological polar surface area (TPSA) is 74.2 Å². The van der Waals surface area contributed by atoms with E-state index >= 15 is 0 Å². The second-order valence-electron chi connectivity index (χ2n) is 6.94. The van der Waals surface area contributed by atoms with Crippen molar-refractivity contribution in [2.45, 2.75) is 83.0 Å². The Kier molecular flexibility index (Phi) is 8.18. The number of aliphatic hydroxyl groups excluding tert-OH is 1. The molecule has 7 atom stereocenters. The van der Waals surface area contributed by atoms with Gasteiger partial charge in [-0.1, -0.05) is 20.8 Å². The van der Waals surface area contributed by atoms with E-state index < -0.39 is 20.5 Å². The van der Waals surface area contributed by atoms with E-state index in [1.165, 1.54) is 7.17 Å². The van der Waals surface area contributed by atoms with Gasteiger partial charge in [0.1, 0.15) is 18.8 Å². The van der Waals surface area contributed by atoms with Crippen LogP contribution in [0.15, 0.2) is 0 Å². The fourth-order valence-corrected chi connectivity index (χ4v) is 3.93. The molecule has 0 saturated carbocycles. The summed E-state index contributed by atoms with van der Waals surface area (Å²) in [5.41, 5.74) is 0. The lowest BCUT2D eigenvalue weighted by Crippen LogP contribution is -2.27. The summed E-state index contributed by atoms with van der Waals surface area (Å²) in [6.07, 6.45) is 1.35. The Hall–Kier alpha value is 0.0299. The summed E-state index contributed by atoms with van der Waals surface area (Å²) in [4.78, 5) is 0. The average Bonchev–Trinajstić information content (AvgIpc) is 3.08. The van der Waals surface area contributed by atoms with Gasteiger partial charge in [-0.05, 0) is 25.2 Å². The van der Waals surface area contributed by atoms with Crippen LogP contribution in [0, 0.1) is 5.92 Å². The van der Waals surface area contributed by atoms with Crippen molar-refractivity contribution in [2.75, 3.05) is 6.61 Å². The van der Waals surface area contributed by atoms with Crippen molar-refractivity contribution >= 4 is 23.2 Å². The summed E-state index contributed by atoms with van der Waals surface area (Å²) < 4.78 is 34.4. The highest BCUT2D eigenvalue weighted by atomic mass is 31.1. The lowest BCUT2D eigenvalue weighted by atomic mass is 9.51. The zero-order valence-corrected chi connectivity index (χ0v) is 15.6. The molecule has 2 fully saturated rings. The molecule has 0 amide bonds. The molecule has 24 heavy (non-hydrogen) atoms. The van der Waals surface area contributed by atoms with Gasteiger partial charge in [-0.2, -0.15) is 0 Å². The molecular formula is C15H27B2O6P+. The van der Waals surface area contributed by atoms with Crippen molar-refractivity contribution in [1.29, 1.82) is 0 Å². The summed E-state index contributed by atoms with van der Waals surface area (Å²) in [5, 5.41) is 9.92. The van der Waals surface area contributed by atoms with Crippen LogP contribution in [0.5, 0.6) is 0 Å². The van der Waals surface area contributed by atoms with Crippen molar-refractivity contribution in [2.24, 2.45) is 5.92 Å². The SMILES string of the molecule is [B][B][C@H]1C[C@H](O[P+](=O)OC[C@H]2O[C@@H](CC)C[C@@H]2O)[C@@H](CC(C)C)O1. The van der Waals surface area contributed by atoms with E-state index in [4.69, 9.17) is 26.3 Å². The monoisotopic (exact) mass is 356 g/mol. The van der Waals surface area contributed by atoms with Crippen molar-refractivity contribution in [3.63, 3.8) is 0 Å². The first-order chi connectivity index (χ1) is 11.4. The Morgan fingerprint density at radius 3 is 2.67 bits per heavy atom. The smallest absolute Gasteiger partial charge is 0.390 e. The standard InChI is InChI=1S/C15H27B2O6P/c1-4-10-6-11(18)14(21-10)8-20-24(19)23-13-7-15(17-16)22-12(13)5-9(2)3/h9-15,18H,4-8H2,1-3H3/q+1/t10-,11-,12+,13-,14+,15+/m0/s1. The van der Waals surface area contributed by atoms with Gasteiger partial charge in [-0.15, -0.1) is 9.05 Å². The maximum atomic E-state index is 12.1. The molecule has 0 aromatic carbocycles. The molecule has 133 valence electrons. The Bertz CT molecular complexity index is 413. The van der Waals surface area contributed by atoms with Crippen LogP contribution in [0.1, 0.15) is 46.5 Å². The predicted molar refractivity (Wildman–Crippen MR) is 92.2 cm³/mol. The molecule has 2 aliphatic heterocycles. The highest BCUT2D eigenvalue weighted by Crippen LogP contribution is 2.36. The molecule has 3 radical (unpaired) electrons. The molecule has 0 spiro atoms. The summed E-state index contributed by atoms with van der Waals surface area (Å²) in [6.45, 7) is 6.25. The van der Waals surface area contributed by atoms with Gasteiger partial charge < -0.3 is 14.6 Å². The Balaban J connectivity index is 1.78. The molecule has 2 rings (SSSR count). The fraction of sp³-hybridized carbons (Fsp3) is 1.00. The number of ether oxygens (including phenoxy) is 2. The Labute approximate surface area is 147 Å². The molecule has 2 saturated heterocycles. The molecule has 2 aliphatic rings. The van der Waals surface area contributed by atoms with Gasteiger partial charge in [0, 0.05) is 24.7 Å². The van der Waals surface area contributed by atoms with E-state index in [2.05, 4.69) is 13.8 Å². The summed E-state index contributed by atoms with van der Waals surface area (Å²) in [5.74, 6) is 0.435. The average molecular weight is 356 g/mol. The van der Waals surface area contributed by atoms with Crippen LogP contribution in [-0.4, -0.2) is 63.1 Å². The number of hydrogen-bond acceptors (Lipinski definition) is 6. The van der Waals surface area contributed by atoms with E-state index in [-0.39, 0.29) is 30.9 Å². The molecule has 0 aromatic rings. The van der Waals surface area contributed by atoms with E-state index in [9.17, 15) is 9.67 Å². The first-order valence-electron chi connectivity index (χ1n) is 8.73. The lowest BCUT2D eigenvalue weighted by Gasteiger charge is -2.16. The van der Waals surface area contributed by atoms with E-state index in [1.807, 2.05) is 6.92 Å². The summed E-state index contributed by atoms with van der Waals surface area (Å²) in [7, 11) is 4.75. The maximum absolute atomic E-state index is 12.1. The normalized spacial score (nSPS) is 37.1. The third-order valence-corrected chi connectivity index (χ3v) is 5.27. The Morgan fingerprint density at radius 1 is 1.33 bits per heavy atom. The van der Waals surface area contributed by atoms with Crippen molar-refractivity contribution < 1.29 is 28.2 Å². The fourth-order valence-electron chi connectivity index (χ4n) is 3.16. The molecule has 0 bridgehead atoms. The van der Waals surface area contributed by atoms with E-state index in [0.717, 1.165) is 12.8 Å². The second kappa shape index (κ2) is 9.65. The predicted octanol–water partition coefficient (Wildman–Crippen LogP) is 1.92. The first kappa shape index (κ1) is 20.3. The van der Waals surface area contributed by atoms with Gasteiger partial charge in [0.05, 0.1) is 25.5 Å². The number of hydrogen-bond donors (Lipinski definition) is 1. The van der Waals surface area contributed by atoms with Gasteiger partial charge >= 0.3 is 8.25 Å². The minimum absolute atomic E-state index is 0.0342. The molecular weight excluding hydrogens is 329 g/mol. The van der Waals surface area contributed by atoms with Gasteiger partial charge in [-0.25, -0.2) is 0 Å². The van der Waals surface area contributed by atoms with Crippen molar-refractivity contribution in [3.05, 3.63) is 0 Å². The molecule has 1 unspecified atom stereocenters. The highest BCUT2D eigenvalue weighted by molar-refractivity contribution is 7.33. The largest absolute Gasteiger partial charge is 0.697 e. The number of rotatable bonds is 9. The number of aliphatic hydroxyl groups is 1. The lowest BCUT2D eigenvalue weighted by molar-refractivity contribution is -0.0217. The van der Waals surface area contributed by atoms with Crippen LogP contribution in [0.2, 0.25) is 0 Å². The highest BCUT2D eigenvalue weighted by Gasteiger charge is 2.43. The van der Waals surface area contributed by atoms with Crippen molar-refractivity contribution in [3.8, 4) is 0 Å². The van der Waals surface area contributed by atoms with Crippen LogP contribution in [-0.2, 0) is 23.1 Å². The minimum Gasteiger partial charge on any atom is -0.390 e. The third kappa shape index (κ3) is 5.79. The van der Waals surface area contributed by atoms with Crippen LogP contribution in [0.4, 0.5) is 0 Å². The zero-order chi connectivity index (χ0) is 17.7. The van der Waals surface area contributed by atoms with Gasteiger partial charge in [0.25, 0.3) is 0 Å². The minimum atomic E-state index is -2.30. The molecule has 2 heterocycles. The third-order valence-electron chi connectivity index (χ3n) is 4.47. The first-order valence-corrected chi connectivity index (χ1v) is 9.83. The van der Waals surface area contributed by atoms with Crippen molar-refractivity contribution in [1.82, 2.24) is 0 Å². The molecule has 9 heteroatoms. The summed E-state index contributed by atoms with van der Waals surface area (Å²) in [6, 6.07) is -0.188. The molecule has 0 aliphatic carbocycles. The maximum Gasteiger partial charge on any atom is 0.697 e. The van der Waals surface area contributed by atoms with Gasteiger partial charge in [-0.3, -0.25) is 0 Å².